The topological polar surface area (TPSA) is 72.1 Å². The lowest BCUT2D eigenvalue weighted by molar-refractivity contribution is 0.0730. The zero-order valence-electron chi connectivity index (χ0n) is 12.5. The van der Waals surface area contributed by atoms with Gasteiger partial charge in [-0.1, -0.05) is 6.07 Å². The van der Waals surface area contributed by atoms with Crippen LogP contribution in [0, 0.1) is 0 Å². The number of piperidine rings is 1. The number of thiophene rings is 2. The van der Waals surface area contributed by atoms with Crippen LogP contribution in [0.1, 0.15) is 28.9 Å². The Labute approximate surface area is 141 Å². The molecule has 1 fully saturated rings. The van der Waals surface area contributed by atoms with E-state index in [1.807, 2.05) is 22.4 Å². The smallest absolute Gasteiger partial charge is 0.266 e. The van der Waals surface area contributed by atoms with Crippen LogP contribution in [0.4, 0.5) is 5.69 Å². The lowest BCUT2D eigenvalue weighted by Gasteiger charge is -2.26. The van der Waals surface area contributed by atoms with Crippen LogP contribution in [0.2, 0.25) is 0 Å². The number of carbonyl (C=O) groups excluding carboxylic acids is 1. The van der Waals surface area contributed by atoms with Crippen LogP contribution >= 0.6 is 22.7 Å². The van der Waals surface area contributed by atoms with Gasteiger partial charge in [-0.25, -0.2) is 9.97 Å². The molecule has 1 amide bonds. The van der Waals surface area contributed by atoms with Crippen molar-refractivity contribution in [3.63, 3.8) is 0 Å². The van der Waals surface area contributed by atoms with Crippen molar-refractivity contribution in [3.05, 3.63) is 28.6 Å². The third kappa shape index (κ3) is 2.60. The molecule has 5 nitrogen and oxygen atoms in total. The van der Waals surface area contributed by atoms with Crippen LogP contribution in [0.5, 0.6) is 0 Å². The van der Waals surface area contributed by atoms with E-state index in [0.29, 0.717) is 16.1 Å². The SMILES string of the molecule is Nc1c(C(=O)N2CCCCC2)sc2nc(-c3cccs3)cnc12. The Morgan fingerprint density at radius 1 is 1.26 bits per heavy atom. The Kier molecular flexibility index (Phi) is 3.74. The second-order valence-corrected chi connectivity index (χ2v) is 7.53. The highest BCUT2D eigenvalue weighted by Gasteiger charge is 2.24. The number of amides is 1. The van der Waals surface area contributed by atoms with Crippen molar-refractivity contribution in [1.82, 2.24) is 14.9 Å². The van der Waals surface area contributed by atoms with Crippen LogP contribution in [-0.4, -0.2) is 33.9 Å². The Bertz CT molecular complexity index is 850. The Morgan fingerprint density at radius 2 is 2.09 bits per heavy atom. The highest BCUT2D eigenvalue weighted by Crippen LogP contribution is 2.34. The van der Waals surface area contributed by atoms with E-state index < -0.39 is 0 Å². The minimum atomic E-state index is 0.0182. The molecule has 7 heteroatoms. The van der Waals surface area contributed by atoms with E-state index in [1.54, 1.807) is 17.5 Å². The summed E-state index contributed by atoms with van der Waals surface area (Å²) < 4.78 is 0. The standard InChI is InChI=1S/C16H16N4OS2/c17-12-13-15(19-10(9-18-13)11-5-4-8-22-11)23-14(12)16(21)20-6-2-1-3-7-20/h4-5,8-9H,1-3,6-7,17H2. The van der Waals surface area contributed by atoms with Crippen molar-refractivity contribution in [2.75, 3.05) is 18.8 Å². The van der Waals surface area contributed by atoms with Crippen molar-refractivity contribution in [2.24, 2.45) is 0 Å². The van der Waals surface area contributed by atoms with Crippen LogP contribution in [0.25, 0.3) is 20.9 Å². The number of hydrogen-bond donors (Lipinski definition) is 1. The molecule has 0 spiro atoms. The Balaban J connectivity index is 1.73. The van der Waals surface area contributed by atoms with Crippen LogP contribution in [0.15, 0.2) is 23.7 Å². The number of fused-ring (bicyclic) bond motifs is 1. The number of nitrogen functional groups attached to an aromatic ring is 1. The molecule has 3 aromatic rings. The summed E-state index contributed by atoms with van der Waals surface area (Å²) in [7, 11) is 0. The van der Waals surface area contributed by atoms with Gasteiger partial charge in [-0.3, -0.25) is 4.79 Å². The van der Waals surface area contributed by atoms with Gasteiger partial charge in [0.25, 0.3) is 5.91 Å². The zero-order valence-corrected chi connectivity index (χ0v) is 14.1. The van der Waals surface area contributed by atoms with Gasteiger partial charge in [0.2, 0.25) is 0 Å². The minimum Gasteiger partial charge on any atom is -0.396 e. The summed E-state index contributed by atoms with van der Waals surface area (Å²) >= 11 is 2.97. The summed E-state index contributed by atoms with van der Waals surface area (Å²) in [5.41, 5.74) is 8.10. The summed E-state index contributed by atoms with van der Waals surface area (Å²) in [6.45, 7) is 1.63. The molecule has 1 saturated heterocycles. The number of nitrogens with two attached hydrogens (primary N) is 1. The van der Waals surface area contributed by atoms with Crippen molar-refractivity contribution in [3.8, 4) is 10.6 Å². The summed E-state index contributed by atoms with van der Waals surface area (Å²) in [6.07, 6.45) is 5.05. The molecule has 118 valence electrons. The van der Waals surface area contributed by atoms with E-state index >= 15 is 0 Å². The molecule has 1 aliphatic rings. The summed E-state index contributed by atoms with van der Waals surface area (Å²) in [4.78, 5) is 26.1. The molecule has 0 bridgehead atoms. The second-order valence-electron chi connectivity index (χ2n) is 5.58. The van der Waals surface area contributed by atoms with Gasteiger partial charge < -0.3 is 10.6 Å². The van der Waals surface area contributed by atoms with Gasteiger partial charge in [0, 0.05) is 13.1 Å². The van der Waals surface area contributed by atoms with Crippen molar-refractivity contribution >= 4 is 44.6 Å². The van der Waals surface area contributed by atoms with E-state index in [0.717, 1.165) is 41.3 Å². The summed E-state index contributed by atoms with van der Waals surface area (Å²) in [6, 6.07) is 4.00. The molecule has 2 N–H and O–H groups in total. The first kappa shape index (κ1) is 14.6. The first-order valence-electron chi connectivity index (χ1n) is 7.62. The predicted molar refractivity (Wildman–Crippen MR) is 94.9 cm³/mol. The average molecular weight is 344 g/mol. The lowest BCUT2D eigenvalue weighted by Crippen LogP contribution is -2.35. The fourth-order valence-electron chi connectivity index (χ4n) is 2.83. The van der Waals surface area contributed by atoms with E-state index in [9.17, 15) is 4.79 Å². The number of rotatable bonds is 2. The highest BCUT2D eigenvalue weighted by atomic mass is 32.1. The van der Waals surface area contributed by atoms with Gasteiger partial charge in [-0.15, -0.1) is 22.7 Å². The fourth-order valence-corrected chi connectivity index (χ4v) is 4.53. The maximum absolute atomic E-state index is 12.7. The molecule has 0 radical (unpaired) electrons. The van der Waals surface area contributed by atoms with Crippen molar-refractivity contribution < 1.29 is 4.79 Å². The van der Waals surface area contributed by atoms with E-state index in [-0.39, 0.29) is 5.91 Å². The van der Waals surface area contributed by atoms with Gasteiger partial charge in [-0.2, -0.15) is 0 Å². The maximum atomic E-state index is 12.7. The second kappa shape index (κ2) is 5.90. The molecular formula is C16H16N4OS2. The number of carbonyl (C=O) groups is 1. The van der Waals surface area contributed by atoms with Gasteiger partial charge in [0.1, 0.15) is 20.9 Å². The van der Waals surface area contributed by atoms with Crippen LogP contribution < -0.4 is 5.73 Å². The molecule has 0 unspecified atom stereocenters. The number of hydrogen-bond acceptors (Lipinski definition) is 6. The normalized spacial score (nSPS) is 15.2. The van der Waals surface area contributed by atoms with Crippen LogP contribution in [-0.2, 0) is 0 Å². The van der Waals surface area contributed by atoms with E-state index in [4.69, 9.17) is 5.73 Å². The number of nitrogens with zero attached hydrogens (tertiary/aromatic N) is 3. The van der Waals surface area contributed by atoms with Gasteiger partial charge in [-0.05, 0) is 30.7 Å². The third-order valence-electron chi connectivity index (χ3n) is 4.05. The first-order chi connectivity index (χ1) is 11.2. The highest BCUT2D eigenvalue weighted by molar-refractivity contribution is 7.21. The molecule has 4 heterocycles. The minimum absolute atomic E-state index is 0.0182. The summed E-state index contributed by atoms with van der Waals surface area (Å²) in [5.74, 6) is 0.0182. The van der Waals surface area contributed by atoms with Crippen molar-refractivity contribution in [1.29, 1.82) is 0 Å². The molecule has 0 aliphatic carbocycles. The first-order valence-corrected chi connectivity index (χ1v) is 9.32. The monoisotopic (exact) mass is 344 g/mol. The van der Waals surface area contributed by atoms with Gasteiger partial charge in [0.15, 0.2) is 0 Å². The van der Waals surface area contributed by atoms with Gasteiger partial charge in [0.05, 0.1) is 16.8 Å². The van der Waals surface area contributed by atoms with Crippen LogP contribution in [0.3, 0.4) is 0 Å². The number of aromatic nitrogens is 2. The Morgan fingerprint density at radius 3 is 2.83 bits per heavy atom. The summed E-state index contributed by atoms with van der Waals surface area (Å²) in [5, 5.41) is 2.01. The molecule has 3 aromatic heterocycles. The Hall–Kier alpha value is -1.99. The molecule has 1 aliphatic heterocycles. The maximum Gasteiger partial charge on any atom is 0.266 e. The third-order valence-corrected chi connectivity index (χ3v) is 6.02. The molecule has 0 atom stereocenters. The average Bonchev–Trinajstić information content (AvgIpc) is 3.23. The molecule has 4 rings (SSSR count). The number of likely N-dealkylation sites (tertiary alicyclic amines) is 1. The van der Waals surface area contributed by atoms with Crippen molar-refractivity contribution in [2.45, 2.75) is 19.3 Å². The molecule has 0 saturated carbocycles. The molecule has 23 heavy (non-hydrogen) atoms. The van der Waals surface area contributed by atoms with E-state index in [2.05, 4.69) is 9.97 Å². The predicted octanol–water partition coefficient (Wildman–Crippen LogP) is 3.63. The molecular weight excluding hydrogens is 328 g/mol. The quantitative estimate of drug-likeness (QED) is 0.770. The van der Waals surface area contributed by atoms with Gasteiger partial charge >= 0.3 is 0 Å². The fraction of sp³-hybridized carbons (Fsp3) is 0.312. The largest absolute Gasteiger partial charge is 0.396 e. The zero-order chi connectivity index (χ0) is 15.8. The number of anilines is 1. The molecule has 0 aromatic carbocycles. The lowest BCUT2D eigenvalue weighted by atomic mass is 10.1. The van der Waals surface area contributed by atoms with E-state index in [1.165, 1.54) is 17.8 Å².